The molecule has 0 spiro atoms. The molecular formula is C25H27NO8S. The maximum atomic E-state index is 13.8. The maximum Gasteiger partial charge on any atom is 0.255 e. The van der Waals surface area contributed by atoms with Crippen LogP contribution in [-0.2, 0) is 14.4 Å². The second-order valence-electron chi connectivity index (χ2n) is 9.78. The van der Waals surface area contributed by atoms with Crippen molar-refractivity contribution < 1.29 is 39.9 Å². The number of carbonyl (C=O) groups excluding carboxylic acids is 3. The number of rotatable bonds is 4. The van der Waals surface area contributed by atoms with E-state index < -0.39 is 70.4 Å². The van der Waals surface area contributed by atoms with Gasteiger partial charge in [-0.15, -0.1) is 0 Å². The van der Waals surface area contributed by atoms with Crippen molar-refractivity contribution in [3.63, 3.8) is 0 Å². The molecular weight excluding hydrogens is 474 g/mol. The Morgan fingerprint density at radius 3 is 2.49 bits per heavy atom. The molecule has 0 radical (unpaired) electrons. The summed E-state index contributed by atoms with van der Waals surface area (Å²) >= 11 is 1.70. The number of phenols is 1. The number of aliphatic hydroxyl groups is 4. The third-order valence-electron chi connectivity index (χ3n) is 7.98. The van der Waals surface area contributed by atoms with Crippen LogP contribution < -0.4 is 5.73 Å². The van der Waals surface area contributed by atoms with Crippen molar-refractivity contribution in [2.75, 3.05) is 5.75 Å². The third kappa shape index (κ3) is 3.34. The second-order valence-corrected chi connectivity index (χ2v) is 11.1. The van der Waals surface area contributed by atoms with Crippen molar-refractivity contribution >= 4 is 35.0 Å². The van der Waals surface area contributed by atoms with Crippen LogP contribution in [0, 0.1) is 11.8 Å². The van der Waals surface area contributed by atoms with Gasteiger partial charge in [-0.3, -0.25) is 14.4 Å². The number of amides is 1. The van der Waals surface area contributed by atoms with Gasteiger partial charge in [0, 0.05) is 40.8 Å². The number of thioether (sulfide) groups is 1. The number of carbonyl (C=O) groups is 3. The third-order valence-corrected chi connectivity index (χ3v) is 9.48. The number of phenolic OH excluding ortho intramolecular Hbond substituents is 1. The molecule has 10 heteroatoms. The fourth-order valence-electron chi connectivity index (χ4n) is 6.27. The number of benzene rings is 1. The van der Waals surface area contributed by atoms with Gasteiger partial charge < -0.3 is 31.3 Å². The van der Waals surface area contributed by atoms with Crippen molar-refractivity contribution in [1.82, 2.24) is 0 Å². The number of ketones is 2. The van der Waals surface area contributed by atoms with Crippen molar-refractivity contribution in [1.29, 1.82) is 0 Å². The van der Waals surface area contributed by atoms with Gasteiger partial charge in [-0.25, -0.2) is 0 Å². The predicted molar refractivity (Wildman–Crippen MR) is 127 cm³/mol. The average molecular weight is 502 g/mol. The molecule has 7 N–H and O–H groups in total. The number of primary amides is 1. The van der Waals surface area contributed by atoms with Crippen LogP contribution in [0.4, 0.5) is 0 Å². The quantitative estimate of drug-likeness (QED) is 0.334. The number of Topliss-reactive ketones (excluding diaryl/α,β-unsaturated/α-hetero) is 2. The lowest BCUT2D eigenvalue weighted by Gasteiger charge is -2.51. The molecule has 2 fully saturated rings. The molecule has 0 saturated heterocycles. The molecule has 0 aliphatic heterocycles. The molecule has 2 saturated carbocycles. The summed E-state index contributed by atoms with van der Waals surface area (Å²) in [6.07, 6.45) is 2.26. The minimum Gasteiger partial charge on any atom is -0.508 e. The van der Waals surface area contributed by atoms with Crippen LogP contribution in [0.3, 0.4) is 0 Å². The standard InChI is InChI=1S/C25H27NO8S/c26-24(33)18-15(28)8-13-20(29)17-12(9-35-10-4-1-2-5-10)11-6-3-7-14(27)16(11)21(30)19(17)23(32)25(13,34)22(18)31/h3,6-7,10,12-13,17,20,27,29-31,34H,1-2,4-5,8-9H2,(H2,26,33)/t12?,13-,17-,20-,25-/m1/s1. The summed E-state index contributed by atoms with van der Waals surface area (Å²) < 4.78 is 0. The van der Waals surface area contributed by atoms with E-state index in [9.17, 15) is 39.9 Å². The minimum atomic E-state index is -2.82. The Morgan fingerprint density at radius 2 is 1.83 bits per heavy atom. The summed E-state index contributed by atoms with van der Waals surface area (Å²) in [6, 6.07) is 4.69. The van der Waals surface area contributed by atoms with Crippen molar-refractivity contribution in [2.24, 2.45) is 17.6 Å². The van der Waals surface area contributed by atoms with Crippen LogP contribution in [0.1, 0.15) is 49.1 Å². The molecule has 0 bridgehead atoms. The smallest absolute Gasteiger partial charge is 0.255 e. The lowest BCUT2D eigenvalue weighted by molar-refractivity contribution is -0.160. The Hall–Kier alpha value is -2.82. The Bertz CT molecular complexity index is 1200. The van der Waals surface area contributed by atoms with E-state index in [0.717, 1.165) is 25.7 Å². The summed E-state index contributed by atoms with van der Waals surface area (Å²) in [7, 11) is 0. The highest BCUT2D eigenvalue weighted by Crippen LogP contribution is 2.56. The molecule has 1 aromatic rings. The molecule has 4 aliphatic rings. The first-order chi connectivity index (χ1) is 16.6. The van der Waals surface area contributed by atoms with E-state index in [1.807, 2.05) is 0 Å². The highest BCUT2D eigenvalue weighted by Gasteiger charge is 2.65. The molecule has 1 aromatic carbocycles. The number of fused-ring (bicyclic) bond motifs is 3. The van der Waals surface area contributed by atoms with Gasteiger partial charge in [-0.05, 0) is 24.5 Å². The highest BCUT2D eigenvalue weighted by atomic mass is 32.2. The summed E-state index contributed by atoms with van der Waals surface area (Å²) in [5.74, 6) is -7.87. The van der Waals surface area contributed by atoms with E-state index in [1.165, 1.54) is 6.07 Å². The summed E-state index contributed by atoms with van der Waals surface area (Å²) in [6.45, 7) is 0. The van der Waals surface area contributed by atoms with Gasteiger partial charge in [0.25, 0.3) is 5.91 Å². The largest absolute Gasteiger partial charge is 0.508 e. The summed E-state index contributed by atoms with van der Waals surface area (Å²) in [4.78, 5) is 38.2. The van der Waals surface area contributed by atoms with E-state index >= 15 is 0 Å². The first-order valence-electron chi connectivity index (χ1n) is 11.7. The molecule has 1 amide bonds. The normalized spacial score (nSPS) is 33.0. The Kier molecular flexibility index (Phi) is 5.73. The van der Waals surface area contributed by atoms with E-state index in [4.69, 9.17) is 5.73 Å². The van der Waals surface area contributed by atoms with Gasteiger partial charge in [-0.1, -0.05) is 25.0 Å². The van der Waals surface area contributed by atoms with Gasteiger partial charge in [0.15, 0.2) is 11.4 Å². The molecule has 5 rings (SSSR count). The number of hydrogen-bond acceptors (Lipinski definition) is 9. The average Bonchev–Trinajstić information content (AvgIpc) is 3.32. The zero-order valence-corrected chi connectivity index (χ0v) is 19.6. The molecule has 1 unspecified atom stereocenters. The molecule has 4 aliphatic carbocycles. The van der Waals surface area contributed by atoms with E-state index in [-0.39, 0.29) is 16.9 Å². The molecule has 35 heavy (non-hydrogen) atoms. The fourth-order valence-corrected chi connectivity index (χ4v) is 7.80. The van der Waals surface area contributed by atoms with Gasteiger partial charge in [0.2, 0.25) is 5.78 Å². The van der Waals surface area contributed by atoms with Crippen LogP contribution in [-0.4, -0.2) is 65.7 Å². The Labute approximate surface area is 205 Å². The lowest BCUT2D eigenvalue weighted by Crippen LogP contribution is -2.64. The summed E-state index contributed by atoms with van der Waals surface area (Å²) in [5.41, 5.74) is 1.75. The van der Waals surface area contributed by atoms with E-state index in [0.29, 0.717) is 16.6 Å². The zero-order valence-electron chi connectivity index (χ0n) is 18.8. The first kappa shape index (κ1) is 23.9. The highest BCUT2D eigenvalue weighted by molar-refractivity contribution is 7.99. The Balaban J connectivity index is 1.68. The number of nitrogens with two attached hydrogens (primary N) is 1. The molecule has 186 valence electrons. The first-order valence-corrected chi connectivity index (χ1v) is 12.7. The number of hydrogen-bond donors (Lipinski definition) is 6. The van der Waals surface area contributed by atoms with Gasteiger partial charge >= 0.3 is 0 Å². The Morgan fingerprint density at radius 1 is 1.14 bits per heavy atom. The lowest BCUT2D eigenvalue weighted by atomic mass is 9.55. The SMILES string of the molecule is NC(=O)C1=C(O)[C@@]2(O)C(=O)C3=C(O)c4c(O)cccc4C(CSC4CCCC4)[C@H]3[C@H](O)[C@H]2CC1=O. The number of aliphatic hydroxyl groups excluding tert-OH is 3. The minimum absolute atomic E-state index is 0.0313. The van der Waals surface area contributed by atoms with Crippen LogP contribution in [0.25, 0.3) is 5.76 Å². The van der Waals surface area contributed by atoms with Crippen LogP contribution in [0.2, 0.25) is 0 Å². The van der Waals surface area contributed by atoms with E-state index in [1.54, 1.807) is 23.9 Å². The molecule has 9 nitrogen and oxygen atoms in total. The van der Waals surface area contributed by atoms with Crippen LogP contribution >= 0.6 is 11.8 Å². The van der Waals surface area contributed by atoms with Crippen molar-refractivity contribution in [3.8, 4) is 5.75 Å². The van der Waals surface area contributed by atoms with Crippen LogP contribution in [0.5, 0.6) is 5.75 Å². The monoisotopic (exact) mass is 501 g/mol. The van der Waals surface area contributed by atoms with Gasteiger partial charge in [0.05, 0.1) is 11.7 Å². The van der Waals surface area contributed by atoms with E-state index in [2.05, 4.69) is 0 Å². The van der Waals surface area contributed by atoms with Gasteiger partial charge in [0.1, 0.15) is 22.8 Å². The molecule has 0 aromatic heterocycles. The van der Waals surface area contributed by atoms with Crippen molar-refractivity contribution in [2.45, 2.75) is 55.0 Å². The summed E-state index contributed by atoms with van der Waals surface area (Å²) in [5, 5.41) is 55.7. The van der Waals surface area contributed by atoms with Crippen LogP contribution in [0.15, 0.2) is 35.1 Å². The topological polar surface area (TPSA) is 178 Å². The van der Waals surface area contributed by atoms with Crippen molar-refractivity contribution in [3.05, 3.63) is 46.2 Å². The zero-order chi connectivity index (χ0) is 25.2. The fraction of sp³-hybridized carbons (Fsp3) is 0.480. The second kappa shape index (κ2) is 8.39. The molecule has 0 heterocycles. The maximum absolute atomic E-state index is 13.8. The van der Waals surface area contributed by atoms with Gasteiger partial charge in [-0.2, -0.15) is 11.8 Å². The molecule has 5 atom stereocenters. The number of aromatic hydroxyl groups is 1. The predicted octanol–water partition coefficient (Wildman–Crippen LogP) is 1.61.